The normalized spacial score (nSPS) is 25.6. The number of aliphatic hydroxyl groups excluding tert-OH is 2. The number of aliphatic hydroxyl groups is 3. The zero-order valence-corrected chi connectivity index (χ0v) is 16.4. The highest BCUT2D eigenvalue weighted by Crippen LogP contribution is 2.44. The van der Waals surface area contributed by atoms with Crippen molar-refractivity contribution in [2.24, 2.45) is 23.7 Å². The summed E-state index contributed by atoms with van der Waals surface area (Å²) in [5.74, 6) is -2.49. The average molecular weight is 354 g/mol. The van der Waals surface area contributed by atoms with Crippen molar-refractivity contribution in [1.29, 1.82) is 0 Å². The van der Waals surface area contributed by atoms with Gasteiger partial charge in [-0.25, -0.2) is 0 Å². The minimum atomic E-state index is -2.07. The summed E-state index contributed by atoms with van der Waals surface area (Å²) in [5.41, 5.74) is -2.39. The molecular weight excluding hydrogens is 320 g/mol. The van der Waals surface area contributed by atoms with Gasteiger partial charge < -0.3 is 15.3 Å². The predicted octanol–water partition coefficient (Wildman–Crippen LogP) is 3.19. The summed E-state index contributed by atoms with van der Waals surface area (Å²) in [5, 5.41) is 32.4. The fraction of sp³-hybridized carbons (Fsp3) is 0.800. The molecule has 0 unspecified atom stereocenters. The van der Waals surface area contributed by atoms with Crippen LogP contribution in [0.3, 0.4) is 0 Å². The van der Waals surface area contributed by atoms with Gasteiger partial charge in [-0.1, -0.05) is 48.0 Å². The molecular formula is C20H34O5. The van der Waals surface area contributed by atoms with E-state index >= 15 is 0 Å². The molecule has 0 heterocycles. The minimum Gasteiger partial charge on any atom is -0.508 e. The molecule has 5 nitrogen and oxygen atoms in total. The monoisotopic (exact) mass is 354 g/mol. The number of ketones is 2. The van der Waals surface area contributed by atoms with Crippen LogP contribution >= 0.6 is 0 Å². The van der Waals surface area contributed by atoms with Gasteiger partial charge in [0, 0.05) is 5.92 Å². The Labute approximate surface area is 151 Å². The van der Waals surface area contributed by atoms with E-state index in [9.17, 15) is 24.9 Å². The van der Waals surface area contributed by atoms with Crippen LogP contribution in [0.4, 0.5) is 0 Å². The fourth-order valence-electron chi connectivity index (χ4n) is 3.34. The molecule has 0 fully saturated rings. The molecule has 0 bridgehead atoms. The van der Waals surface area contributed by atoms with Gasteiger partial charge in [-0.2, -0.15) is 0 Å². The molecule has 0 aromatic rings. The molecule has 3 atom stereocenters. The van der Waals surface area contributed by atoms with Crippen LogP contribution in [-0.4, -0.2) is 38.6 Å². The summed E-state index contributed by atoms with van der Waals surface area (Å²) >= 11 is 0. The van der Waals surface area contributed by atoms with Gasteiger partial charge in [0.15, 0.2) is 17.2 Å². The van der Waals surface area contributed by atoms with Crippen LogP contribution in [0, 0.1) is 23.7 Å². The van der Waals surface area contributed by atoms with Gasteiger partial charge in [0.25, 0.3) is 0 Å². The van der Waals surface area contributed by atoms with Gasteiger partial charge in [0.05, 0.1) is 12.0 Å². The van der Waals surface area contributed by atoms with Crippen LogP contribution < -0.4 is 0 Å². The summed E-state index contributed by atoms with van der Waals surface area (Å²) in [6.45, 7) is 11.3. The van der Waals surface area contributed by atoms with Crippen LogP contribution in [0.15, 0.2) is 11.3 Å². The molecule has 1 rings (SSSR count). The Morgan fingerprint density at radius 1 is 1.04 bits per heavy atom. The van der Waals surface area contributed by atoms with Crippen LogP contribution in [0.2, 0.25) is 0 Å². The van der Waals surface area contributed by atoms with Crippen LogP contribution in [0.25, 0.3) is 0 Å². The van der Waals surface area contributed by atoms with Crippen molar-refractivity contribution in [3.8, 4) is 0 Å². The molecule has 0 amide bonds. The first-order chi connectivity index (χ1) is 11.4. The predicted molar refractivity (Wildman–Crippen MR) is 97.1 cm³/mol. The highest BCUT2D eigenvalue weighted by Gasteiger charge is 2.58. The van der Waals surface area contributed by atoms with Crippen LogP contribution in [0.1, 0.15) is 67.2 Å². The molecule has 0 spiro atoms. The molecule has 0 aliphatic heterocycles. The van der Waals surface area contributed by atoms with Gasteiger partial charge in [-0.05, 0) is 31.1 Å². The number of carbonyl (C=O) groups is 2. The van der Waals surface area contributed by atoms with Crippen molar-refractivity contribution in [2.75, 3.05) is 0 Å². The Balaban J connectivity index is 3.27. The lowest BCUT2D eigenvalue weighted by Gasteiger charge is -2.34. The maximum Gasteiger partial charge on any atom is 0.176 e. The van der Waals surface area contributed by atoms with Gasteiger partial charge in [0.1, 0.15) is 11.3 Å². The number of hydrogen-bond donors (Lipinski definition) is 3. The quantitative estimate of drug-likeness (QED) is 0.553. The molecule has 25 heavy (non-hydrogen) atoms. The Morgan fingerprint density at radius 2 is 1.56 bits per heavy atom. The number of carbonyl (C=O) groups excluding carboxylic acids is 2. The second-order valence-electron chi connectivity index (χ2n) is 8.44. The molecule has 1 aliphatic rings. The van der Waals surface area contributed by atoms with Gasteiger partial charge in [-0.3, -0.25) is 9.59 Å². The Bertz CT molecular complexity index is 532. The van der Waals surface area contributed by atoms with E-state index in [-0.39, 0.29) is 12.0 Å². The lowest BCUT2D eigenvalue weighted by atomic mass is 9.78. The molecule has 0 saturated heterocycles. The molecule has 0 aromatic carbocycles. The first-order valence-electron chi connectivity index (χ1n) is 9.37. The van der Waals surface area contributed by atoms with E-state index in [1.165, 1.54) is 0 Å². The third-order valence-corrected chi connectivity index (χ3v) is 5.04. The van der Waals surface area contributed by atoms with E-state index in [2.05, 4.69) is 0 Å². The highest BCUT2D eigenvalue weighted by atomic mass is 16.4. The topological polar surface area (TPSA) is 94.8 Å². The lowest BCUT2D eigenvalue weighted by Crippen LogP contribution is -2.49. The van der Waals surface area contributed by atoms with Gasteiger partial charge >= 0.3 is 0 Å². The molecule has 5 heteroatoms. The fourth-order valence-corrected chi connectivity index (χ4v) is 3.34. The molecule has 1 aliphatic carbocycles. The number of allylic oxidation sites excluding steroid dienone is 1. The zero-order chi connectivity index (χ0) is 19.5. The summed E-state index contributed by atoms with van der Waals surface area (Å²) in [7, 11) is 0. The average Bonchev–Trinajstić information content (AvgIpc) is 2.69. The Hall–Kier alpha value is -1.20. The molecule has 0 radical (unpaired) electrons. The van der Waals surface area contributed by atoms with Crippen molar-refractivity contribution in [3.63, 3.8) is 0 Å². The van der Waals surface area contributed by atoms with E-state index in [0.717, 1.165) is 0 Å². The molecule has 144 valence electrons. The van der Waals surface area contributed by atoms with Gasteiger partial charge in [0.2, 0.25) is 0 Å². The van der Waals surface area contributed by atoms with Gasteiger partial charge in [-0.15, -0.1) is 0 Å². The van der Waals surface area contributed by atoms with Crippen molar-refractivity contribution >= 4 is 11.6 Å². The van der Waals surface area contributed by atoms with E-state index < -0.39 is 40.9 Å². The smallest absolute Gasteiger partial charge is 0.176 e. The van der Waals surface area contributed by atoms with Crippen molar-refractivity contribution in [1.82, 2.24) is 0 Å². The second kappa shape index (κ2) is 8.45. The molecule has 0 aromatic heterocycles. The summed E-state index contributed by atoms with van der Waals surface area (Å²) < 4.78 is 0. The third-order valence-electron chi connectivity index (χ3n) is 5.04. The number of rotatable bonds is 9. The minimum absolute atomic E-state index is 0.257. The SMILES string of the molecule is CC(C)CC[C@@H](O)[C@@]1(O)C(O)=C(C(=O)C(C)C)C(=O)[C@H]1CCC(C)C. The molecule has 0 saturated carbocycles. The standard InChI is InChI=1S/C20H34O5/c1-11(2)7-9-14-18(23)16(17(22)13(5)6)19(24)20(14,25)15(21)10-8-12(3)4/h11-15,21,24-25H,7-10H2,1-6H3/t14-,15-,20-/m1/s1. The first-order valence-corrected chi connectivity index (χ1v) is 9.37. The first kappa shape index (κ1) is 21.8. The number of hydrogen-bond acceptors (Lipinski definition) is 5. The van der Waals surface area contributed by atoms with E-state index in [1.54, 1.807) is 13.8 Å². The largest absolute Gasteiger partial charge is 0.508 e. The number of Topliss-reactive ketones (excluding diaryl/α,β-unsaturated/α-hetero) is 2. The van der Waals surface area contributed by atoms with E-state index in [4.69, 9.17) is 0 Å². The summed E-state index contributed by atoms with van der Waals surface area (Å²) in [6, 6.07) is 0. The van der Waals surface area contributed by atoms with Crippen molar-refractivity contribution in [2.45, 2.75) is 78.9 Å². The van der Waals surface area contributed by atoms with Crippen LogP contribution in [0.5, 0.6) is 0 Å². The summed E-state index contributed by atoms with van der Waals surface area (Å²) in [4.78, 5) is 25.2. The maximum atomic E-state index is 12.8. The summed E-state index contributed by atoms with van der Waals surface area (Å²) in [6.07, 6.45) is 0.604. The van der Waals surface area contributed by atoms with Crippen LogP contribution in [-0.2, 0) is 9.59 Å². The third kappa shape index (κ3) is 4.50. The van der Waals surface area contributed by atoms with E-state index in [0.29, 0.717) is 31.1 Å². The second-order valence-corrected chi connectivity index (χ2v) is 8.44. The molecule has 3 N–H and O–H groups in total. The van der Waals surface area contributed by atoms with Crippen molar-refractivity contribution in [3.05, 3.63) is 11.3 Å². The van der Waals surface area contributed by atoms with E-state index in [1.807, 2.05) is 27.7 Å². The lowest BCUT2D eigenvalue weighted by molar-refractivity contribution is -0.137. The Morgan fingerprint density at radius 3 is 2.00 bits per heavy atom. The van der Waals surface area contributed by atoms with Crippen molar-refractivity contribution < 1.29 is 24.9 Å². The Kier molecular flexibility index (Phi) is 7.39. The maximum absolute atomic E-state index is 12.8. The highest BCUT2D eigenvalue weighted by molar-refractivity contribution is 6.24. The zero-order valence-electron chi connectivity index (χ0n) is 16.4.